The number of para-hydroxylation sites is 2. The van der Waals surface area contributed by atoms with Gasteiger partial charge in [-0.1, -0.05) is 120 Å². The number of aromatic nitrogens is 2. The quantitative estimate of drug-likeness (QED) is 0.0606. The minimum atomic E-state index is -0.734. The number of unbranched alkanes of at least 4 members (excludes halogenated alkanes) is 12. The van der Waals surface area contributed by atoms with Gasteiger partial charge in [0.25, 0.3) is 0 Å². The molecule has 8 nitrogen and oxygen atoms in total. The number of methoxy groups -OCH3 is 2. The molecule has 0 radical (unpaired) electrons. The Kier molecular flexibility index (Phi) is 16.3. The summed E-state index contributed by atoms with van der Waals surface area (Å²) < 4.78 is 16.9. The molecule has 4 rings (SSSR count). The minimum absolute atomic E-state index is 0.214. The topological polar surface area (TPSA) is 103 Å². The van der Waals surface area contributed by atoms with E-state index in [0.29, 0.717) is 34.0 Å². The highest BCUT2D eigenvalue weighted by atomic mass is 32.2. The van der Waals surface area contributed by atoms with Crippen molar-refractivity contribution in [3.05, 3.63) is 76.1 Å². The molecule has 0 fully saturated rings. The molecule has 0 saturated carbocycles. The summed E-state index contributed by atoms with van der Waals surface area (Å²) in [6.07, 6.45) is 17.5. The Balaban J connectivity index is 1.54. The molecule has 272 valence electrons. The minimum Gasteiger partial charge on any atom is -0.496 e. The molecule has 1 unspecified atom stereocenters. The van der Waals surface area contributed by atoms with Crippen LogP contribution < -0.4 is 10.1 Å². The van der Waals surface area contributed by atoms with Crippen LogP contribution in [0.15, 0.2) is 70.2 Å². The van der Waals surface area contributed by atoms with Crippen molar-refractivity contribution in [1.29, 1.82) is 0 Å². The van der Waals surface area contributed by atoms with E-state index in [1.807, 2.05) is 43.3 Å². The summed E-state index contributed by atoms with van der Waals surface area (Å²) in [7, 11) is 3.01. The summed E-state index contributed by atoms with van der Waals surface area (Å²) in [5.74, 6) is -0.676. The lowest BCUT2D eigenvalue weighted by atomic mass is 9.77. The molecule has 2 heterocycles. The first kappa shape index (κ1) is 39.1. The molecule has 3 aromatic rings. The lowest BCUT2D eigenvalue weighted by Gasteiger charge is -2.33. The Hall–Kier alpha value is -3.72. The maximum atomic E-state index is 13.8. The lowest BCUT2D eigenvalue weighted by molar-refractivity contribution is -0.139. The van der Waals surface area contributed by atoms with Crippen molar-refractivity contribution in [2.75, 3.05) is 26.6 Å². The van der Waals surface area contributed by atoms with Crippen molar-refractivity contribution in [3.63, 3.8) is 0 Å². The zero-order chi connectivity index (χ0) is 35.7. The summed E-state index contributed by atoms with van der Waals surface area (Å²) in [5, 5.41) is 4.12. The first-order chi connectivity index (χ1) is 24.4. The van der Waals surface area contributed by atoms with E-state index in [2.05, 4.69) is 23.3 Å². The van der Waals surface area contributed by atoms with Crippen LogP contribution in [0.4, 0.5) is 0 Å². The number of nitrogens with one attached hydrogen (secondary N) is 2. The van der Waals surface area contributed by atoms with Gasteiger partial charge in [0.05, 0.1) is 48.9 Å². The highest BCUT2D eigenvalue weighted by Crippen LogP contribution is 2.45. The van der Waals surface area contributed by atoms with Crippen LogP contribution in [0.25, 0.3) is 11.0 Å². The fourth-order valence-electron chi connectivity index (χ4n) is 6.91. The molecule has 1 atom stereocenters. The molecule has 1 aromatic heterocycles. The highest BCUT2D eigenvalue weighted by molar-refractivity contribution is 7.99. The van der Waals surface area contributed by atoms with Gasteiger partial charge in [-0.05, 0) is 50.5 Å². The summed E-state index contributed by atoms with van der Waals surface area (Å²) >= 11 is 1.48. The van der Waals surface area contributed by atoms with E-state index in [-0.39, 0.29) is 6.61 Å². The van der Waals surface area contributed by atoms with Crippen LogP contribution in [0.1, 0.15) is 121 Å². The number of hydrogen-bond acceptors (Lipinski definition) is 8. The van der Waals surface area contributed by atoms with Gasteiger partial charge in [0, 0.05) is 22.7 Å². The molecule has 9 heteroatoms. The van der Waals surface area contributed by atoms with E-state index in [4.69, 9.17) is 19.2 Å². The molecule has 0 amide bonds. The van der Waals surface area contributed by atoms with Crippen LogP contribution in [0.2, 0.25) is 0 Å². The number of carbonyl (C=O) groups is 2. The first-order valence-electron chi connectivity index (χ1n) is 18.6. The SMILES string of the molecule is CCCCCCCCCCCCCCCc1cccc(OC)c1C1C(C(=O)OCC)=C(C)NC(CSc2nc3ccccc3[nH]2)=C1C(=O)OC. The number of dihydropyridines is 1. The van der Waals surface area contributed by atoms with Gasteiger partial charge in [-0.25, -0.2) is 14.6 Å². The Morgan fingerprint density at radius 1 is 0.800 bits per heavy atom. The molecule has 0 spiro atoms. The van der Waals surface area contributed by atoms with Gasteiger partial charge < -0.3 is 24.5 Å². The third-order valence-electron chi connectivity index (χ3n) is 9.48. The van der Waals surface area contributed by atoms with Gasteiger partial charge in [-0.2, -0.15) is 0 Å². The number of allylic oxidation sites excluding steroid dienone is 1. The van der Waals surface area contributed by atoms with Gasteiger partial charge in [0.1, 0.15) is 5.75 Å². The molecule has 0 aliphatic carbocycles. The number of hydrogen-bond donors (Lipinski definition) is 2. The second-order valence-corrected chi connectivity index (χ2v) is 14.0. The predicted molar refractivity (Wildman–Crippen MR) is 203 cm³/mol. The number of H-pyrrole nitrogens is 1. The van der Waals surface area contributed by atoms with Crippen LogP contribution in [0.3, 0.4) is 0 Å². The number of rotatable bonds is 22. The Labute approximate surface area is 303 Å². The first-order valence-corrected chi connectivity index (χ1v) is 19.6. The van der Waals surface area contributed by atoms with Crippen LogP contribution >= 0.6 is 11.8 Å². The standard InChI is InChI=1S/C41H57N3O5S/c1-6-8-9-10-11-12-13-14-15-16-17-18-19-23-30-24-22-27-34(47-4)36(30)38-35(40(46)49-7-2)29(3)42-33(37(38)39(45)48-5)28-50-41-43-31-25-20-21-26-32(31)44-41/h20-22,24-27,38,42H,6-19,23,28H2,1-5H3,(H,43,44). The second kappa shape index (κ2) is 20.8. The van der Waals surface area contributed by atoms with E-state index < -0.39 is 17.9 Å². The fourth-order valence-corrected chi connectivity index (χ4v) is 7.77. The number of aryl methyl sites for hydroxylation is 1. The van der Waals surface area contributed by atoms with Gasteiger partial charge >= 0.3 is 11.9 Å². The summed E-state index contributed by atoms with van der Waals surface area (Å²) in [5.41, 5.74) is 5.75. The summed E-state index contributed by atoms with van der Waals surface area (Å²) in [4.78, 5) is 35.5. The fraction of sp³-hybridized carbons (Fsp3) is 0.537. The monoisotopic (exact) mass is 703 g/mol. The van der Waals surface area contributed by atoms with Crippen LogP contribution in [0.5, 0.6) is 5.75 Å². The van der Waals surface area contributed by atoms with Gasteiger partial charge in [-0.15, -0.1) is 0 Å². The zero-order valence-electron chi connectivity index (χ0n) is 30.8. The summed E-state index contributed by atoms with van der Waals surface area (Å²) in [6, 6.07) is 13.9. The van der Waals surface area contributed by atoms with Crippen LogP contribution in [0, 0.1) is 0 Å². The average molecular weight is 704 g/mol. The average Bonchev–Trinajstić information content (AvgIpc) is 3.55. The van der Waals surface area contributed by atoms with E-state index in [1.165, 1.54) is 89.5 Å². The zero-order valence-corrected chi connectivity index (χ0v) is 31.6. The number of esters is 2. The molecule has 1 aliphatic rings. The van der Waals surface area contributed by atoms with E-state index >= 15 is 0 Å². The number of imidazole rings is 1. The number of fused-ring (bicyclic) bond motifs is 1. The molecular formula is C41H57N3O5S. The van der Waals surface area contributed by atoms with E-state index in [0.717, 1.165) is 46.6 Å². The van der Waals surface area contributed by atoms with Gasteiger partial charge in [0.2, 0.25) is 0 Å². The van der Waals surface area contributed by atoms with Crippen molar-refractivity contribution < 1.29 is 23.8 Å². The predicted octanol–water partition coefficient (Wildman–Crippen LogP) is 9.95. The summed E-state index contributed by atoms with van der Waals surface area (Å²) in [6.45, 7) is 6.13. The number of thioether (sulfide) groups is 1. The molecule has 2 aromatic carbocycles. The molecule has 1 aliphatic heterocycles. The number of nitrogens with zero attached hydrogens (tertiary/aromatic N) is 1. The smallest absolute Gasteiger partial charge is 0.336 e. The van der Waals surface area contributed by atoms with Crippen LogP contribution in [-0.4, -0.2) is 48.5 Å². The van der Waals surface area contributed by atoms with Crippen molar-refractivity contribution in [3.8, 4) is 5.75 Å². The number of carbonyl (C=O) groups excluding carboxylic acids is 2. The van der Waals surface area contributed by atoms with Gasteiger partial charge in [-0.3, -0.25) is 0 Å². The van der Waals surface area contributed by atoms with Crippen molar-refractivity contribution in [1.82, 2.24) is 15.3 Å². The molecule has 0 saturated heterocycles. The van der Waals surface area contributed by atoms with E-state index in [9.17, 15) is 9.59 Å². The number of ether oxygens (including phenoxy) is 3. The Morgan fingerprint density at radius 2 is 1.46 bits per heavy atom. The molecule has 2 N–H and O–H groups in total. The van der Waals surface area contributed by atoms with Crippen molar-refractivity contribution in [2.24, 2.45) is 0 Å². The normalized spacial score (nSPS) is 14.6. The van der Waals surface area contributed by atoms with E-state index in [1.54, 1.807) is 14.0 Å². The third kappa shape index (κ3) is 10.6. The Bertz CT molecular complexity index is 1580. The van der Waals surface area contributed by atoms with Crippen LogP contribution in [-0.2, 0) is 25.5 Å². The second-order valence-electron chi connectivity index (χ2n) is 13.1. The largest absolute Gasteiger partial charge is 0.496 e. The molecule has 0 bridgehead atoms. The molecule has 50 heavy (non-hydrogen) atoms. The lowest BCUT2D eigenvalue weighted by Crippen LogP contribution is -2.34. The Morgan fingerprint density at radius 3 is 2.08 bits per heavy atom. The van der Waals surface area contributed by atoms with Gasteiger partial charge in [0.15, 0.2) is 5.16 Å². The maximum absolute atomic E-state index is 13.8. The highest BCUT2D eigenvalue weighted by Gasteiger charge is 2.41. The third-order valence-corrected chi connectivity index (χ3v) is 10.4. The van der Waals surface area contributed by atoms with Crippen molar-refractivity contribution >= 4 is 34.7 Å². The maximum Gasteiger partial charge on any atom is 0.336 e. The number of benzene rings is 2. The van der Waals surface area contributed by atoms with Crippen molar-refractivity contribution in [2.45, 2.75) is 122 Å². The number of aromatic amines is 1. The molecular weight excluding hydrogens is 647 g/mol.